The Morgan fingerprint density at radius 1 is 0.333 bits per heavy atom. The number of hydrogen-bond donors (Lipinski definition) is 6. The van der Waals surface area contributed by atoms with Gasteiger partial charge in [-0.25, -0.2) is 4.79 Å². The van der Waals surface area contributed by atoms with E-state index >= 15 is 0 Å². The van der Waals surface area contributed by atoms with Gasteiger partial charge in [-0.1, -0.05) is 139 Å². The molecule has 0 bridgehead atoms. The molecule has 384 valence electrons. The van der Waals surface area contributed by atoms with E-state index in [-0.39, 0.29) is 59.6 Å². The first-order valence-corrected chi connectivity index (χ1v) is 26.5. The highest BCUT2D eigenvalue weighted by Gasteiger charge is 2.29. The number of nitrogens with one attached hydrogen (secondary N) is 6. The third-order valence-corrected chi connectivity index (χ3v) is 12.7. The Labute approximate surface area is 401 Å². The minimum Gasteiger partial charge on any atom is -0.467 e. The summed E-state index contributed by atoms with van der Waals surface area (Å²) in [5.74, 6) is -2.24. The van der Waals surface area contributed by atoms with Crippen molar-refractivity contribution in [2.24, 2.45) is 23.7 Å². The number of unbranched alkanes of at least 4 members (excludes halogenated alkanes) is 12. The lowest BCUT2D eigenvalue weighted by molar-refractivity contribution is -0.145. The molecule has 0 aromatic carbocycles. The number of hydrogen-bond acceptors (Lipinski definition) is 8. The van der Waals surface area contributed by atoms with Gasteiger partial charge in [-0.3, -0.25) is 28.8 Å². The molecule has 0 aromatic rings. The third-order valence-electron chi connectivity index (χ3n) is 12.7. The standard InChI is InChI=1S/C52H98N6O8/c1-10-14-18-22-32-42(8)49(62)57-44(34-24-27-37-54-47(60)40(6)30-20-16-12-3)51(64)58-45(52(65)66-9)35-25-28-38-55-50(63)43(56-48(61)41(7)31-21-17-13-4)33-23-26-36-53-46(59)39(5)29-19-15-11-2/h39-45H,10-38H2,1-9H3,(H,53,59)(H,54,60)(H,55,63)(H,56,61)(H,57,62)(H,58,64). The monoisotopic (exact) mass is 935 g/mol. The van der Waals surface area contributed by atoms with Gasteiger partial charge in [0, 0.05) is 43.3 Å². The minimum atomic E-state index is -0.960. The van der Waals surface area contributed by atoms with Crippen molar-refractivity contribution in [1.29, 1.82) is 0 Å². The van der Waals surface area contributed by atoms with Crippen LogP contribution < -0.4 is 31.9 Å². The van der Waals surface area contributed by atoms with Crippen LogP contribution in [0.3, 0.4) is 0 Å². The van der Waals surface area contributed by atoms with E-state index in [1.165, 1.54) is 7.11 Å². The predicted octanol–water partition coefficient (Wildman–Crippen LogP) is 8.73. The molecule has 14 nitrogen and oxygen atoms in total. The summed E-state index contributed by atoms with van der Waals surface area (Å²) in [4.78, 5) is 91.8. The van der Waals surface area contributed by atoms with E-state index in [1.807, 2.05) is 27.7 Å². The van der Waals surface area contributed by atoms with Crippen molar-refractivity contribution >= 4 is 41.4 Å². The molecule has 0 aromatic heterocycles. The van der Waals surface area contributed by atoms with Crippen molar-refractivity contribution < 1.29 is 38.3 Å². The fourth-order valence-corrected chi connectivity index (χ4v) is 7.86. The first-order chi connectivity index (χ1) is 31.7. The van der Waals surface area contributed by atoms with Crippen molar-refractivity contribution in [3.05, 3.63) is 0 Å². The van der Waals surface area contributed by atoms with Crippen LogP contribution in [0.1, 0.15) is 222 Å². The Morgan fingerprint density at radius 2 is 0.621 bits per heavy atom. The van der Waals surface area contributed by atoms with Gasteiger partial charge in [-0.15, -0.1) is 0 Å². The van der Waals surface area contributed by atoms with E-state index in [0.29, 0.717) is 77.4 Å². The molecule has 0 saturated carbocycles. The van der Waals surface area contributed by atoms with Crippen LogP contribution in [0.4, 0.5) is 0 Å². The fourth-order valence-electron chi connectivity index (χ4n) is 7.86. The second kappa shape index (κ2) is 40.4. The summed E-state index contributed by atoms with van der Waals surface area (Å²) in [7, 11) is 1.27. The molecule has 0 radical (unpaired) electrons. The van der Waals surface area contributed by atoms with Gasteiger partial charge in [0.2, 0.25) is 35.4 Å². The van der Waals surface area contributed by atoms with E-state index in [1.54, 1.807) is 0 Å². The Hall–Kier alpha value is -3.71. The van der Waals surface area contributed by atoms with Crippen molar-refractivity contribution in [3.63, 3.8) is 0 Å². The van der Waals surface area contributed by atoms with Gasteiger partial charge in [0.05, 0.1) is 7.11 Å². The number of ether oxygens (including phenoxy) is 1. The highest BCUT2D eigenvalue weighted by Crippen LogP contribution is 2.15. The molecule has 0 heterocycles. The molecule has 6 N–H and O–H groups in total. The van der Waals surface area contributed by atoms with Gasteiger partial charge in [0.1, 0.15) is 18.1 Å². The largest absolute Gasteiger partial charge is 0.467 e. The fraction of sp³-hybridized carbons (Fsp3) is 0.865. The summed E-state index contributed by atoms with van der Waals surface area (Å²) in [5.41, 5.74) is 0. The van der Waals surface area contributed by atoms with Crippen LogP contribution in [-0.2, 0) is 38.3 Å². The van der Waals surface area contributed by atoms with E-state index in [4.69, 9.17) is 4.74 Å². The maximum absolute atomic E-state index is 13.8. The topological polar surface area (TPSA) is 201 Å². The molecule has 7 atom stereocenters. The Balaban J connectivity index is 5.51. The highest BCUT2D eigenvalue weighted by atomic mass is 16.5. The van der Waals surface area contributed by atoms with Crippen molar-refractivity contribution in [2.45, 2.75) is 240 Å². The van der Waals surface area contributed by atoms with Gasteiger partial charge in [-0.2, -0.15) is 0 Å². The molecular weight excluding hydrogens is 837 g/mol. The molecule has 0 saturated heterocycles. The minimum absolute atomic E-state index is 0.0250. The smallest absolute Gasteiger partial charge is 0.328 e. The first-order valence-electron chi connectivity index (χ1n) is 26.5. The first kappa shape index (κ1) is 62.3. The van der Waals surface area contributed by atoms with Crippen molar-refractivity contribution in [3.8, 4) is 0 Å². The average molecular weight is 935 g/mol. The van der Waals surface area contributed by atoms with Crippen LogP contribution in [0.5, 0.6) is 0 Å². The summed E-state index contributed by atoms with van der Waals surface area (Å²) in [5, 5.41) is 17.8. The summed E-state index contributed by atoms with van der Waals surface area (Å²) in [6.07, 6.45) is 21.4. The molecule has 7 unspecified atom stereocenters. The van der Waals surface area contributed by atoms with Crippen molar-refractivity contribution in [1.82, 2.24) is 31.9 Å². The Morgan fingerprint density at radius 3 is 1.00 bits per heavy atom. The summed E-state index contributed by atoms with van der Waals surface area (Å²) < 4.78 is 5.06. The normalized spacial score (nSPS) is 14.4. The summed E-state index contributed by atoms with van der Waals surface area (Å²) in [6, 6.07) is -2.56. The number of esters is 1. The zero-order valence-corrected chi connectivity index (χ0v) is 43.3. The molecule has 0 aliphatic carbocycles. The molecule has 0 aliphatic heterocycles. The molecule has 6 amide bonds. The predicted molar refractivity (Wildman–Crippen MR) is 266 cm³/mol. The second-order valence-electron chi connectivity index (χ2n) is 19.0. The van der Waals surface area contributed by atoms with Gasteiger partial charge in [0.25, 0.3) is 0 Å². The molecular formula is C52H98N6O8. The van der Waals surface area contributed by atoms with Crippen LogP contribution in [0.25, 0.3) is 0 Å². The van der Waals surface area contributed by atoms with E-state index in [9.17, 15) is 33.6 Å². The van der Waals surface area contributed by atoms with E-state index in [2.05, 4.69) is 59.6 Å². The maximum Gasteiger partial charge on any atom is 0.328 e. The van der Waals surface area contributed by atoms with Crippen LogP contribution in [-0.4, -0.2) is 86.3 Å². The lowest BCUT2D eigenvalue weighted by atomic mass is 10.00. The second-order valence-corrected chi connectivity index (χ2v) is 19.0. The zero-order valence-electron chi connectivity index (χ0n) is 43.3. The van der Waals surface area contributed by atoms with Crippen molar-refractivity contribution in [2.75, 3.05) is 26.7 Å². The third kappa shape index (κ3) is 30.6. The number of amides is 6. The Bertz CT molecular complexity index is 1350. The van der Waals surface area contributed by atoms with Gasteiger partial charge >= 0.3 is 5.97 Å². The maximum atomic E-state index is 13.8. The quantitative estimate of drug-likeness (QED) is 0.0258. The number of carbonyl (C=O) groups is 7. The Kier molecular flexibility index (Phi) is 38.1. The van der Waals surface area contributed by atoms with Gasteiger partial charge < -0.3 is 36.6 Å². The lowest BCUT2D eigenvalue weighted by Gasteiger charge is -2.24. The zero-order chi connectivity index (χ0) is 49.5. The van der Waals surface area contributed by atoms with Crippen LogP contribution in [0.15, 0.2) is 0 Å². The molecule has 0 aliphatic rings. The SMILES string of the molecule is CCCCCCC(C)C(=O)NC(CCCCNC(=O)C(C)CCCCC)C(=O)NC(CCCCNC(=O)C(CCCCNC(=O)C(C)CCCCC)NC(=O)C(C)CCCCC)C(=O)OC. The highest BCUT2D eigenvalue weighted by molar-refractivity contribution is 5.91. The average Bonchev–Trinajstić information content (AvgIpc) is 3.30. The van der Waals surface area contributed by atoms with Gasteiger partial charge in [-0.05, 0) is 83.5 Å². The molecule has 14 heteroatoms. The van der Waals surface area contributed by atoms with Gasteiger partial charge in [0.15, 0.2) is 0 Å². The van der Waals surface area contributed by atoms with E-state index in [0.717, 1.165) is 103 Å². The molecule has 66 heavy (non-hydrogen) atoms. The number of carbonyl (C=O) groups excluding carboxylic acids is 7. The van der Waals surface area contributed by atoms with Crippen LogP contribution in [0, 0.1) is 23.7 Å². The number of methoxy groups -OCH3 is 1. The van der Waals surface area contributed by atoms with Crippen LogP contribution in [0.2, 0.25) is 0 Å². The lowest BCUT2D eigenvalue weighted by Crippen LogP contribution is -2.52. The van der Waals surface area contributed by atoms with Crippen LogP contribution >= 0.6 is 0 Å². The van der Waals surface area contributed by atoms with E-state index < -0.39 is 30.0 Å². The molecule has 0 spiro atoms. The summed E-state index contributed by atoms with van der Waals surface area (Å²) >= 11 is 0. The molecule has 0 rings (SSSR count). The summed E-state index contributed by atoms with van der Waals surface area (Å²) in [6.45, 7) is 17.5. The molecule has 0 fully saturated rings. The number of rotatable bonds is 42.